The van der Waals surface area contributed by atoms with Crippen molar-refractivity contribution in [2.45, 2.75) is 53.2 Å². The molecule has 0 saturated heterocycles. The van der Waals surface area contributed by atoms with Crippen LogP contribution in [0.2, 0.25) is 5.02 Å². The summed E-state index contributed by atoms with van der Waals surface area (Å²) in [5.74, 6) is 0.152. The van der Waals surface area contributed by atoms with Gasteiger partial charge < -0.3 is 15.0 Å². The summed E-state index contributed by atoms with van der Waals surface area (Å²) in [6.07, 6.45) is 0. The third-order valence-electron chi connectivity index (χ3n) is 4.68. The van der Waals surface area contributed by atoms with Crippen LogP contribution in [0.15, 0.2) is 42.5 Å². The van der Waals surface area contributed by atoms with Crippen LogP contribution < -0.4 is 10.1 Å². The van der Waals surface area contributed by atoms with Crippen LogP contribution in [0, 0.1) is 13.8 Å². The third-order valence-corrected chi connectivity index (χ3v) is 4.92. The second-order valence-corrected chi connectivity index (χ2v) is 7.96. The molecule has 0 heterocycles. The number of rotatable bonds is 8. The number of nitrogens with one attached hydrogen (secondary N) is 1. The summed E-state index contributed by atoms with van der Waals surface area (Å²) in [7, 11) is 0. The Morgan fingerprint density at radius 2 is 1.79 bits per heavy atom. The summed E-state index contributed by atoms with van der Waals surface area (Å²) in [5, 5.41) is 3.45. The second kappa shape index (κ2) is 10.3. The molecule has 0 aliphatic carbocycles. The van der Waals surface area contributed by atoms with Gasteiger partial charge in [-0.25, -0.2) is 0 Å². The van der Waals surface area contributed by atoms with Crippen molar-refractivity contribution in [3.05, 3.63) is 64.2 Å². The largest absolute Gasteiger partial charge is 0.484 e. The lowest BCUT2D eigenvalue weighted by atomic mass is 10.1. The second-order valence-electron chi connectivity index (χ2n) is 7.53. The van der Waals surface area contributed by atoms with E-state index in [1.807, 2.05) is 58.0 Å². The molecule has 156 valence electrons. The molecule has 0 aliphatic heterocycles. The van der Waals surface area contributed by atoms with E-state index >= 15 is 0 Å². The summed E-state index contributed by atoms with van der Waals surface area (Å²) in [6.45, 7) is 9.62. The molecule has 0 radical (unpaired) electrons. The zero-order valence-electron chi connectivity index (χ0n) is 17.7. The lowest BCUT2D eigenvalue weighted by Gasteiger charge is -2.29. The van der Waals surface area contributed by atoms with E-state index in [1.54, 1.807) is 19.1 Å². The SMILES string of the molecule is Cc1ccc(OCC(=O)N(Cc2cccc(Cl)c2)[C@H](C)C(=O)NC(C)C)cc1C. The maximum atomic E-state index is 13.0. The number of halogens is 1. The van der Waals surface area contributed by atoms with E-state index in [1.165, 1.54) is 4.90 Å². The lowest BCUT2D eigenvalue weighted by molar-refractivity contribution is -0.142. The van der Waals surface area contributed by atoms with E-state index in [2.05, 4.69) is 5.32 Å². The predicted octanol–water partition coefficient (Wildman–Crippen LogP) is 4.28. The zero-order chi connectivity index (χ0) is 21.6. The first-order valence-electron chi connectivity index (χ1n) is 9.71. The van der Waals surface area contributed by atoms with Gasteiger partial charge in [0.25, 0.3) is 5.91 Å². The smallest absolute Gasteiger partial charge is 0.261 e. The Hall–Kier alpha value is -2.53. The van der Waals surface area contributed by atoms with Gasteiger partial charge in [0, 0.05) is 17.6 Å². The normalized spacial score (nSPS) is 11.8. The van der Waals surface area contributed by atoms with Gasteiger partial charge in [-0.1, -0.05) is 29.8 Å². The number of benzene rings is 2. The van der Waals surface area contributed by atoms with Gasteiger partial charge in [-0.15, -0.1) is 0 Å². The van der Waals surface area contributed by atoms with Crippen molar-refractivity contribution >= 4 is 23.4 Å². The first-order valence-corrected chi connectivity index (χ1v) is 10.1. The molecule has 0 spiro atoms. The number of amides is 2. The maximum Gasteiger partial charge on any atom is 0.261 e. The summed E-state index contributed by atoms with van der Waals surface area (Å²) in [5.41, 5.74) is 3.10. The van der Waals surface area contributed by atoms with E-state index < -0.39 is 6.04 Å². The lowest BCUT2D eigenvalue weighted by Crippen LogP contribution is -2.50. The minimum absolute atomic E-state index is 0.0140. The Labute approximate surface area is 178 Å². The van der Waals surface area contributed by atoms with Gasteiger partial charge in [-0.2, -0.15) is 0 Å². The van der Waals surface area contributed by atoms with E-state index in [4.69, 9.17) is 16.3 Å². The molecule has 5 nitrogen and oxygen atoms in total. The zero-order valence-corrected chi connectivity index (χ0v) is 18.4. The van der Waals surface area contributed by atoms with Crippen LogP contribution in [0.25, 0.3) is 0 Å². The highest BCUT2D eigenvalue weighted by molar-refractivity contribution is 6.30. The predicted molar refractivity (Wildman–Crippen MR) is 116 cm³/mol. The van der Waals surface area contributed by atoms with E-state index in [0.29, 0.717) is 10.8 Å². The fourth-order valence-electron chi connectivity index (χ4n) is 2.85. The fraction of sp³-hybridized carbons (Fsp3) is 0.391. The average molecular weight is 417 g/mol. The molecule has 2 aromatic carbocycles. The van der Waals surface area contributed by atoms with Crippen molar-refractivity contribution < 1.29 is 14.3 Å². The number of hydrogen-bond donors (Lipinski definition) is 1. The topological polar surface area (TPSA) is 58.6 Å². The van der Waals surface area contributed by atoms with Crippen LogP contribution in [0.3, 0.4) is 0 Å². The Morgan fingerprint density at radius 1 is 1.07 bits per heavy atom. The quantitative estimate of drug-likeness (QED) is 0.698. The third kappa shape index (κ3) is 6.79. The average Bonchev–Trinajstić information content (AvgIpc) is 2.65. The molecule has 0 bridgehead atoms. The Kier molecular flexibility index (Phi) is 8.09. The van der Waals surface area contributed by atoms with Crippen molar-refractivity contribution in [1.29, 1.82) is 0 Å². The molecular formula is C23H29ClN2O3. The Balaban J connectivity index is 2.16. The molecule has 1 atom stereocenters. The standard InChI is InChI=1S/C23H29ClN2O3/c1-15(2)25-23(28)18(5)26(13-19-7-6-8-20(24)12-19)22(27)14-29-21-10-9-16(3)17(4)11-21/h6-12,15,18H,13-14H2,1-5H3,(H,25,28)/t18-/m1/s1. The maximum absolute atomic E-state index is 13.0. The number of carbonyl (C=O) groups is 2. The molecule has 2 amide bonds. The molecular weight excluding hydrogens is 388 g/mol. The Bertz CT molecular complexity index is 867. The number of carbonyl (C=O) groups excluding carboxylic acids is 2. The van der Waals surface area contributed by atoms with Gasteiger partial charge in [0.1, 0.15) is 11.8 Å². The molecule has 1 N–H and O–H groups in total. The van der Waals surface area contributed by atoms with E-state index in [-0.39, 0.29) is 31.0 Å². The monoisotopic (exact) mass is 416 g/mol. The number of hydrogen-bond acceptors (Lipinski definition) is 3. The fourth-order valence-corrected chi connectivity index (χ4v) is 3.06. The van der Waals surface area contributed by atoms with E-state index in [9.17, 15) is 9.59 Å². The molecule has 2 aromatic rings. The van der Waals surface area contributed by atoms with Crippen molar-refractivity contribution in [2.75, 3.05) is 6.61 Å². The highest BCUT2D eigenvalue weighted by Gasteiger charge is 2.27. The van der Waals surface area contributed by atoms with Gasteiger partial charge in [0.15, 0.2) is 6.61 Å². The number of nitrogens with zero attached hydrogens (tertiary/aromatic N) is 1. The van der Waals surface area contributed by atoms with Crippen LogP contribution in [0.4, 0.5) is 0 Å². The Morgan fingerprint density at radius 3 is 2.41 bits per heavy atom. The van der Waals surface area contributed by atoms with Crippen molar-refractivity contribution in [2.24, 2.45) is 0 Å². The molecule has 0 fully saturated rings. The van der Waals surface area contributed by atoms with Gasteiger partial charge in [0.2, 0.25) is 5.91 Å². The first-order chi connectivity index (χ1) is 13.7. The molecule has 2 rings (SSSR count). The summed E-state index contributed by atoms with van der Waals surface area (Å²) in [6, 6.07) is 12.3. The van der Waals surface area contributed by atoms with Gasteiger partial charge >= 0.3 is 0 Å². The van der Waals surface area contributed by atoms with Crippen LogP contribution in [-0.4, -0.2) is 35.4 Å². The van der Waals surface area contributed by atoms with Crippen molar-refractivity contribution in [1.82, 2.24) is 10.2 Å². The van der Waals surface area contributed by atoms with Gasteiger partial charge in [-0.05, 0) is 75.6 Å². The minimum atomic E-state index is -0.646. The minimum Gasteiger partial charge on any atom is -0.484 e. The highest BCUT2D eigenvalue weighted by Crippen LogP contribution is 2.18. The number of ether oxygens (including phenoxy) is 1. The van der Waals surface area contributed by atoms with Crippen LogP contribution in [0.1, 0.15) is 37.5 Å². The molecule has 6 heteroatoms. The van der Waals surface area contributed by atoms with Crippen molar-refractivity contribution in [3.8, 4) is 5.75 Å². The highest BCUT2D eigenvalue weighted by atomic mass is 35.5. The molecule has 0 aliphatic rings. The molecule has 29 heavy (non-hydrogen) atoms. The van der Waals surface area contributed by atoms with Gasteiger partial charge in [0.05, 0.1) is 0 Å². The molecule has 0 saturated carbocycles. The van der Waals surface area contributed by atoms with Gasteiger partial charge in [-0.3, -0.25) is 9.59 Å². The number of aryl methyl sites for hydroxylation is 2. The van der Waals surface area contributed by atoms with Crippen LogP contribution in [0.5, 0.6) is 5.75 Å². The summed E-state index contributed by atoms with van der Waals surface area (Å²) >= 11 is 6.08. The summed E-state index contributed by atoms with van der Waals surface area (Å²) in [4.78, 5) is 27.0. The van der Waals surface area contributed by atoms with Crippen molar-refractivity contribution in [3.63, 3.8) is 0 Å². The van der Waals surface area contributed by atoms with Crippen LogP contribution >= 0.6 is 11.6 Å². The molecule has 0 unspecified atom stereocenters. The van der Waals surface area contributed by atoms with Crippen LogP contribution in [-0.2, 0) is 16.1 Å². The van der Waals surface area contributed by atoms with E-state index in [0.717, 1.165) is 16.7 Å². The molecule has 0 aromatic heterocycles. The first kappa shape index (κ1) is 22.8. The summed E-state index contributed by atoms with van der Waals surface area (Å²) < 4.78 is 5.71.